The zero-order chi connectivity index (χ0) is 14.9. The highest BCUT2D eigenvalue weighted by Gasteiger charge is 2.16. The van der Waals surface area contributed by atoms with Crippen molar-refractivity contribution in [3.05, 3.63) is 47.0 Å². The first-order chi connectivity index (χ1) is 10.8. The molecule has 0 bridgehead atoms. The van der Waals surface area contributed by atoms with Gasteiger partial charge in [0.15, 0.2) is 0 Å². The number of nitrogens with one attached hydrogen (secondary N) is 1. The van der Waals surface area contributed by atoms with Crippen LogP contribution in [0.4, 0.5) is 5.69 Å². The highest BCUT2D eigenvalue weighted by atomic mass is 35.5. The number of anilines is 1. The van der Waals surface area contributed by atoms with E-state index in [-0.39, 0.29) is 12.4 Å². The van der Waals surface area contributed by atoms with Gasteiger partial charge in [-0.1, -0.05) is 18.2 Å². The highest BCUT2D eigenvalue weighted by molar-refractivity contribution is 5.85. The maximum Gasteiger partial charge on any atom is 0.109 e. The number of nitrogens with zero attached hydrogens (tertiary/aromatic N) is 3. The summed E-state index contributed by atoms with van der Waals surface area (Å²) in [4.78, 5) is 7.18. The van der Waals surface area contributed by atoms with Crippen molar-refractivity contribution < 1.29 is 0 Å². The number of benzene rings is 1. The molecule has 3 heterocycles. The molecular formula is C18H25ClN4. The summed E-state index contributed by atoms with van der Waals surface area (Å²) >= 11 is 0. The summed E-state index contributed by atoms with van der Waals surface area (Å²) in [6, 6.07) is 6.67. The summed E-state index contributed by atoms with van der Waals surface area (Å²) in [6.07, 6.45) is 7.12. The quantitative estimate of drug-likeness (QED) is 0.933. The number of hydrogen-bond acceptors (Lipinski definition) is 3. The molecule has 0 aliphatic carbocycles. The number of fused-ring (bicyclic) bond motifs is 2. The molecular weight excluding hydrogens is 308 g/mol. The van der Waals surface area contributed by atoms with Gasteiger partial charge in [0.2, 0.25) is 0 Å². The topological polar surface area (TPSA) is 33.1 Å². The van der Waals surface area contributed by atoms with Crippen LogP contribution in [0.2, 0.25) is 0 Å². The minimum Gasteiger partial charge on any atom is -0.384 e. The molecule has 1 aromatic carbocycles. The molecule has 2 aliphatic rings. The summed E-state index contributed by atoms with van der Waals surface area (Å²) in [5.41, 5.74) is 5.43. The summed E-state index contributed by atoms with van der Waals surface area (Å²) < 4.78 is 2.34. The number of aryl methyl sites for hydroxylation is 2. The van der Waals surface area contributed by atoms with Gasteiger partial charge in [0.25, 0.3) is 0 Å². The van der Waals surface area contributed by atoms with Crippen LogP contribution >= 0.6 is 12.4 Å². The van der Waals surface area contributed by atoms with Gasteiger partial charge in [-0.05, 0) is 37.4 Å². The first kappa shape index (κ1) is 16.3. The zero-order valence-corrected chi connectivity index (χ0v) is 14.5. The summed E-state index contributed by atoms with van der Waals surface area (Å²) in [5.74, 6) is 1.27. The highest BCUT2D eigenvalue weighted by Crippen LogP contribution is 2.27. The second kappa shape index (κ2) is 6.93. The van der Waals surface area contributed by atoms with Crippen LogP contribution < -0.4 is 5.32 Å². The number of aromatic nitrogens is 2. The molecule has 0 radical (unpaired) electrons. The van der Waals surface area contributed by atoms with Crippen LogP contribution in [0.5, 0.6) is 0 Å². The molecule has 124 valence electrons. The van der Waals surface area contributed by atoms with Gasteiger partial charge in [0.1, 0.15) is 5.82 Å². The van der Waals surface area contributed by atoms with Crippen LogP contribution in [-0.4, -0.2) is 28.0 Å². The van der Waals surface area contributed by atoms with E-state index in [0.717, 1.165) is 39.0 Å². The first-order valence-electron chi connectivity index (χ1n) is 8.38. The van der Waals surface area contributed by atoms with Crippen molar-refractivity contribution in [1.29, 1.82) is 0 Å². The lowest BCUT2D eigenvalue weighted by atomic mass is 10.1. The van der Waals surface area contributed by atoms with Gasteiger partial charge in [-0.2, -0.15) is 0 Å². The maximum absolute atomic E-state index is 4.81. The molecule has 0 fully saturated rings. The molecule has 0 amide bonds. The van der Waals surface area contributed by atoms with E-state index in [2.05, 4.69) is 46.2 Å². The van der Waals surface area contributed by atoms with Gasteiger partial charge < -0.3 is 9.88 Å². The van der Waals surface area contributed by atoms with Crippen LogP contribution in [0.3, 0.4) is 0 Å². The van der Waals surface area contributed by atoms with Crippen LogP contribution in [0.15, 0.2) is 24.4 Å². The Kier molecular flexibility index (Phi) is 4.93. The molecule has 23 heavy (non-hydrogen) atoms. The predicted molar refractivity (Wildman–Crippen MR) is 96.2 cm³/mol. The van der Waals surface area contributed by atoms with Crippen molar-refractivity contribution in [3.8, 4) is 0 Å². The van der Waals surface area contributed by atoms with Crippen molar-refractivity contribution in [1.82, 2.24) is 14.5 Å². The summed E-state index contributed by atoms with van der Waals surface area (Å²) in [6.45, 7) is 4.11. The summed E-state index contributed by atoms with van der Waals surface area (Å²) in [7, 11) is 2.19. The zero-order valence-electron chi connectivity index (χ0n) is 13.7. The van der Waals surface area contributed by atoms with Crippen LogP contribution in [0.25, 0.3) is 0 Å². The molecule has 1 aromatic heterocycles. The van der Waals surface area contributed by atoms with Crippen molar-refractivity contribution in [2.75, 3.05) is 18.9 Å². The second-order valence-corrected chi connectivity index (χ2v) is 6.60. The molecule has 0 atom stereocenters. The van der Waals surface area contributed by atoms with E-state index in [9.17, 15) is 0 Å². The Morgan fingerprint density at radius 2 is 2.13 bits per heavy atom. The third-order valence-corrected chi connectivity index (χ3v) is 4.76. The van der Waals surface area contributed by atoms with E-state index in [1.807, 2.05) is 0 Å². The molecule has 0 saturated heterocycles. The van der Waals surface area contributed by atoms with Crippen molar-refractivity contribution in [2.45, 2.75) is 45.3 Å². The molecule has 4 nitrogen and oxygen atoms in total. The third-order valence-electron chi connectivity index (χ3n) is 4.76. The monoisotopic (exact) mass is 332 g/mol. The maximum atomic E-state index is 4.81. The van der Waals surface area contributed by atoms with E-state index in [0.29, 0.717) is 0 Å². The van der Waals surface area contributed by atoms with Gasteiger partial charge in [-0.25, -0.2) is 4.98 Å². The van der Waals surface area contributed by atoms with Crippen molar-refractivity contribution >= 4 is 18.1 Å². The number of para-hydroxylation sites is 1. The first-order valence-corrected chi connectivity index (χ1v) is 8.38. The largest absolute Gasteiger partial charge is 0.384 e. The Hall–Kier alpha value is -1.52. The normalized spacial score (nSPS) is 15.7. The number of hydrogen-bond donors (Lipinski definition) is 1. The minimum atomic E-state index is 0. The Balaban J connectivity index is 0.00000156. The number of rotatable bonds is 4. The van der Waals surface area contributed by atoms with Crippen molar-refractivity contribution in [2.24, 2.45) is 0 Å². The SMILES string of the molecule is CN(Cc1cn2c(n1)CCCC2)Cc1cccc2c1NCC2.Cl. The standard InChI is InChI=1S/C18H24N4.ClH/c1-21(11-15-6-4-5-14-8-9-19-18(14)15)12-16-13-22-10-3-2-7-17(22)20-16;/h4-6,13,19H,2-3,7-12H2,1H3;1H. The molecule has 4 rings (SSSR count). The number of imidazole rings is 1. The summed E-state index contributed by atoms with van der Waals surface area (Å²) in [5, 5.41) is 3.53. The van der Waals surface area contributed by atoms with Crippen LogP contribution in [0.1, 0.15) is 35.5 Å². The predicted octanol–water partition coefficient (Wildman–Crippen LogP) is 3.24. The van der Waals surface area contributed by atoms with E-state index >= 15 is 0 Å². The van der Waals surface area contributed by atoms with Crippen LogP contribution in [0, 0.1) is 0 Å². The number of halogens is 1. The molecule has 0 saturated carbocycles. The third kappa shape index (κ3) is 3.38. The lowest BCUT2D eigenvalue weighted by molar-refractivity contribution is 0.316. The van der Waals surface area contributed by atoms with Gasteiger partial charge in [-0.3, -0.25) is 4.90 Å². The van der Waals surface area contributed by atoms with E-state index < -0.39 is 0 Å². The molecule has 0 spiro atoms. The van der Waals surface area contributed by atoms with Gasteiger partial charge in [0, 0.05) is 44.5 Å². The van der Waals surface area contributed by atoms with Gasteiger partial charge >= 0.3 is 0 Å². The lowest BCUT2D eigenvalue weighted by Crippen LogP contribution is -2.18. The Bertz CT molecular complexity index is 656. The van der Waals surface area contributed by atoms with E-state index in [1.165, 1.54) is 41.2 Å². The lowest BCUT2D eigenvalue weighted by Gasteiger charge is -2.17. The fourth-order valence-electron chi connectivity index (χ4n) is 3.71. The van der Waals surface area contributed by atoms with Gasteiger partial charge in [0.05, 0.1) is 5.69 Å². The van der Waals surface area contributed by atoms with E-state index in [1.54, 1.807) is 0 Å². The van der Waals surface area contributed by atoms with E-state index in [4.69, 9.17) is 4.98 Å². The Labute approximate surface area is 144 Å². The van der Waals surface area contributed by atoms with Crippen LogP contribution in [-0.2, 0) is 32.5 Å². The molecule has 2 aliphatic heterocycles. The average Bonchev–Trinajstić information content (AvgIpc) is 3.12. The Morgan fingerprint density at radius 1 is 1.22 bits per heavy atom. The molecule has 2 aromatic rings. The van der Waals surface area contributed by atoms with Gasteiger partial charge in [-0.15, -0.1) is 12.4 Å². The fourth-order valence-corrected chi connectivity index (χ4v) is 3.71. The molecule has 5 heteroatoms. The Morgan fingerprint density at radius 3 is 3.00 bits per heavy atom. The molecule has 1 N–H and O–H groups in total. The second-order valence-electron chi connectivity index (χ2n) is 6.60. The fraction of sp³-hybridized carbons (Fsp3) is 0.500. The molecule has 0 unspecified atom stereocenters. The minimum absolute atomic E-state index is 0. The van der Waals surface area contributed by atoms with Crippen molar-refractivity contribution in [3.63, 3.8) is 0 Å². The smallest absolute Gasteiger partial charge is 0.109 e. The average molecular weight is 333 g/mol.